The Morgan fingerprint density at radius 2 is 1.97 bits per heavy atom. The van der Waals surface area contributed by atoms with Crippen LogP contribution >= 0.6 is 0 Å². The lowest BCUT2D eigenvalue weighted by Crippen LogP contribution is -2.20. The first-order chi connectivity index (χ1) is 14.4. The van der Waals surface area contributed by atoms with Crippen LogP contribution in [0.3, 0.4) is 0 Å². The SMILES string of the molecule is O=C(Nc1n[nH]c(C(F)(F)F)n1)/C(=C/c1ccco1)n1nnnc1-c1ccccc1. The molecule has 0 saturated heterocycles. The highest BCUT2D eigenvalue weighted by atomic mass is 19.4. The van der Waals surface area contributed by atoms with E-state index in [9.17, 15) is 18.0 Å². The third-order valence-electron chi connectivity index (χ3n) is 3.76. The van der Waals surface area contributed by atoms with E-state index < -0.39 is 23.9 Å². The van der Waals surface area contributed by atoms with E-state index in [0.29, 0.717) is 11.3 Å². The van der Waals surface area contributed by atoms with Crippen molar-refractivity contribution in [3.63, 3.8) is 0 Å². The summed E-state index contributed by atoms with van der Waals surface area (Å²) in [6.45, 7) is 0. The van der Waals surface area contributed by atoms with Gasteiger partial charge in [0.05, 0.1) is 6.26 Å². The predicted octanol–water partition coefficient (Wildman–Crippen LogP) is 2.71. The first-order valence-corrected chi connectivity index (χ1v) is 8.32. The predicted molar refractivity (Wildman–Crippen MR) is 96.1 cm³/mol. The summed E-state index contributed by atoms with van der Waals surface area (Å²) < 4.78 is 44.5. The van der Waals surface area contributed by atoms with Crippen LogP contribution in [0.25, 0.3) is 23.2 Å². The number of amides is 1. The smallest absolute Gasteiger partial charge is 0.451 e. The van der Waals surface area contributed by atoms with E-state index in [1.54, 1.807) is 47.6 Å². The summed E-state index contributed by atoms with van der Waals surface area (Å²) >= 11 is 0. The maximum Gasteiger partial charge on any atom is 0.451 e. The zero-order valence-electron chi connectivity index (χ0n) is 14.8. The van der Waals surface area contributed by atoms with Gasteiger partial charge in [-0.1, -0.05) is 30.3 Å². The second-order valence-electron chi connectivity index (χ2n) is 5.78. The van der Waals surface area contributed by atoms with E-state index in [4.69, 9.17) is 4.42 Å². The molecule has 0 aliphatic rings. The highest BCUT2D eigenvalue weighted by Gasteiger charge is 2.35. The summed E-state index contributed by atoms with van der Waals surface area (Å²) in [6, 6.07) is 12.0. The summed E-state index contributed by atoms with van der Waals surface area (Å²) in [5, 5.41) is 18.6. The van der Waals surface area contributed by atoms with Crippen LogP contribution in [0.4, 0.5) is 19.1 Å². The number of aromatic nitrogens is 7. The molecule has 0 aliphatic carbocycles. The Hall–Kier alpha value is -4.29. The molecule has 0 aliphatic heterocycles. The second kappa shape index (κ2) is 7.62. The average molecular weight is 416 g/mol. The molecule has 3 heterocycles. The number of alkyl halides is 3. The van der Waals surface area contributed by atoms with Crippen LogP contribution < -0.4 is 5.32 Å². The van der Waals surface area contributed by atoms with Crippen LogP contribution in [0, 0.1) is 0 Å². The Bertz CT molecular complexity index is 1180. The minimum Gasteiger partial charge on any atom is -0.465 e. The Labute approximate surface area is 165 Å². The van der Waals surface area contributed by atoms with Crippen LogP contribution in [0.1, 0.15) is 11.6 Å². The van der Waals surface area contributed by atoms with Crippen LogP contribution in [-0.4, -0.2) is 41.3 Å². The Kier molecular flexibility index (Phi) is 4.83. The summed E-state index contributed by atoms with van der Waals surface area (Å²) in [4.78, 5) is 16.1. The highest BCUT2D eigenvalue weighted by Crippen LogP contribution is 2.26. The molecule has 0 atom stereocenters. The van der Waals surface area contributed by atoms with Crippen LogP contribution in [0.5, 0.6) is 0 Å². The molecule has 4 rings (SSSR count). The van der Waals surface area contributed by atoms with Gasteiger partial charge in [0.1, 0.15) is 11.5 Å². The number of tetrazole rings is 1. The van der Waals surface area contributed by atoms with Gasteiger partial charge in [0.15, 0.2) is 5.82 Å². The first kappa shape index (κ1) is 19.0. The van der Waals surface area contributed by atoms with Gasteiger partial charge in [-0.05, 0) is 22.6 Å². The van der Waals surface area contributed by atoms with Crippen molar-refractivity contribution in [2.75, 3.05) is 5.32 Å². The van der Waals surface area contributed by atoms with Crippen LogP contribution in [-0.2, 0) is 11.0 Å². The lowest BCUT2D eigenvalue weighted by Gasteiger charge is -2.08. The Morgan fingerprint density at radius 3 is 2.63 bits per heavy atom. The van der Waals surface area contributed by atoms with Crippen molar-refractivity contribution >= 4 is 23.6 Å². The Morgan fingerprint density at radius 1 is 1.17 bits per heavy atom. The number of carbonyl (C=O) groups is 1. The summed E-state index contributed by atoms with van der Waals surface area (Å²) in [5.74, 6) is -2.24. The lowest BCUT2D eigenvalue weighted by atomic mass is 10.2. The highest BCUT2D eigenvalue weighted by molar-refractivity contribution is 6.23. The molecule has 0 fully saturated rings. The molecule has 1 aromatic carbocycles. The summed E-state index contributed by atoms with van der Waals surface area (Å²) in [6.07, 6.45) is -2.02. The number of aromatic amines is 1. The molecule has 4 aromatic rings. The zero-order valence-corrected chi connectivity index (χ0v) is 14.8. The average Bonchev–Trinajstić information content (AvgIpc) is 3.47. The Balaban J connectivity index is 1.71. The number of rotatable bonds is 5. The normalized spacial score (nSPS) is 12.2. The monoisotopic (exact) mass is 416 g/mol. The van der Waals surface area contributed by atoms with Gasteiger partial charge in [-0.15, -0.1) is 10.2 Å². The number of nitrogens with zero attached hydrogens (tertiary/aromatic N) is 6. The third kappa shape index (κ3) is 3.94. The molecule has 0 bridgehead atoms. The number of H-pyrrole nitrogens is 1. The van der Waals surface area contributed by atoms with E-state index in [2.05, 4.69) is 30.9 Å². The molecule has 10 nitrogen and oxygen atoms in total. The number of anilines is 1. The standard InChI is InChI=1S/C17H11F3N8O2/c18-17(19,20)15-22-16(25-24-15)21-14(29)12(9-11-7-4-8-30-11)28-13(23-26-27-28)10-5-2-1-3-6-10/h1-9H,(H2,21,22,24,25,29)/b12-9-. The summed E-state index contributed by atoms with van der Waals surface area (Å²) in [7, 11) is 0. The quantitative estimate of drug-likeness (QED) is 0.479. The zero-order chi connectivity index (χ0) is 21.1. The maximum absolute atomic E-state index is 12.9. The number of nitrogens with one attached hydrogen (secondary N) is 2. The van der Waals surface area contributed by atoms with Crippen molar-refractivity contribution in [1.29, 1.82) is 0 Å². The van der Waals surface area contributed by atoms with E-state index >= 15 is 0 Å². The number of hydrogen-bond donors (Lipinski definition) is 2. The largest absolute Gasteiger partial charge is 0.465 e. The van der Waals surface area contributed by atoms with E-state index in [0.717, 1.165) is 4.68 Å². The molecular weight excluding hydrogens is 405 g/mol. The van der Waals surface area contributed by atoms with Crippen molar-refractivity contribution in [2.45, 2.75) is 6.18 Å². The van der Waals surface area contributed by atoms with Gasteiger partial charge < -0.3 is 4.42 Å². The summed E-state index contributed by atoms with van der Waals surface area (Å²) in [5.41, 5.74) is 0.477. The van der Waals surface area contributed by atoms with Crippen molar-refractivity contribution in [3.8, 4) is 11.4 Å². The first-order valence-electron chi connectivity index (χ1n) is 8.32. The van der Waals surface area contributed by atoms with Gasteiger partial charge in [0.2, 0.25) is 11.8 Å². The van der Waals surface area contributed by atoms with Gasteiger partial charge in [0, 0.05) is 11.6 Å². The molecule has 0 unspecified atom stereocenters. The molecule has 2 N–H and O–H groups in total. The molecule has 1 amide bonds. The van der Waals surface area contributed by atoms with E-state index in [-0.39, 0.29) is 11.5 Å². The van der Waals surface area contributed by atoms with Crippen molar-refractivity contribution in [1.82, 2.24) is 35.4 Å². The lowest BCUT2D eigenvalue weighted by molar-refractivity contribution is -0.144. The molecule has 152 valence electrons. The fourth-order valence-corrected chi connectivity index (χ4v) is 2.46. The maximum atomic E-state index is 12.9. The van der Waals surface area contributed by atoms with Gasteiger partial charge in [-0.25, -0.2) is 0 Å². The van der Waals surface area contributed by atoms with Gasteiger partial charge >= 0.3 is 6.18 Å². The number of carbonyl (C=O) groups excluding carboxylic acids is 1. The van der Waals surface area contributed by atoms with Gasteiger partial charge in [-0.2, -0.15) is 22.8 Å². The molecule has 0 spiro atoms. The van der Waals surface area contributed by atoms with Crippen LogP contribution in [0.2, 0.25) is 0 Å². The number of hydrogen-bond acceptors (Lipinski definition) is 7. The van der Waals surface area contributed by atoms with Crippen LogP contribution in [0.15, 0.2) is 53.1 Å². The minimum absolute atomic E-state index is 0.132. The van der Waals surface area contributed by atoms with Gasteiger partial charge in [-0.3, -0.25) is 15.2 Å². The molecule has 13 heteroatoms. The van der Waals surface area contributed by atoms with Crippen molar-refractivity contribution in [2.24, 2.45) is 0 Å². The van der Waals surface area contributed by atoms with E-state index in [1.807, 2.05) is 0 Å². The molecule has 0 radical (unpaired) electrons. The van der Waals surface area contributed by atoms with Gasteiger partial charge in [0.25, 0.3) is 5.91 Å². The second-order valence-corrected chi connectivity index (χ2v) is 5.78. The minimum atomic E-state index is -4.74. The number of furan rings is 1. The van der Waals surface area contributed by atoms with Crippen molar-refractivity contribution < 1.29 is 22.4 Å². The van der Waals surface area contributed by atoms with Crippen molar-refractivity contribution in [3.05, 3.63) is 60.3 Å². The number of halogens is 3. The molecule has 0 saturated carbocycles. The fourth-order valence-electron chi connectivity index (χ4n) is 2.46. The van der Waals surface area contributed by atoms with E-state index in [1.165, 1.54) is 12.3 Å². The topological polar surface area (TPSA) is 127 Å². The third-order valence-corrected chi connectivity index (χ3v) is 3.76. The molecule has 30 heavy (non-hydrogen) atoms. The fraction of sp³-hybridized carbons (Fsp3) is 0.0588. The molecular formula is C17H11F3N8O2. The molecule has 3 aromatic heterocycles. The number of benzene rings is 1.